The molecule has 6 nitrogen and oxygen atoms in total. The van der Waals surface area contributed by atoms with Crippen molar-refractivity contribution in [2.24, 2.45) is 0 Å². The maximum atomic E-state index is 12.5. The van der Waals surface area contributed by atoms with E-state index in [2.05, 4.69) is 31.3 Å². The number of ether oxygens (including phenoxy) is 2. The minimum atomic E-state index is -0.425. The van der Waals surface area contributed by atoms with Crippen LogP contribution < -0.4 is 15.4 Å². The van der Waals surface area contributed by atoms with Crippen LogP contribution in [0.2, 0.25) is 0 Å². The van der Waals surface area contributed by atoms with Gasteiger partial charge in [-0.25, -0.2) is 4.79 Å². The van der Waals surface area contributed by atoms with Gasteiger partial charge in [-0.2, -0.15) is 0 Å². The number of nitrogens with one attached hydrogen (secondary N) is 2. The Bertz CT molecular complexity index is 824. The van der Waals surface area contributed by atoms with Crippen molar-refractivity contribution >= 4 is 50.8 Å². The molecule has 2 aromatic carbocycles. The molecule has 0 bridgehead atoms. The first kappa shape index (κ1) is 19.9. The molecule has 0 aliphatic carbocycles. The molecule has 0 aliphatic rings. The smallest absolute Gasteiger partial charge is 0.337 e. The molecule has 2 N–H and O–H groups in total. The van der Waals surface area contributed by atoms with E-state index >= 15 is 0 Å². The number of methoxy groups -OCH3 is 1. The molecule has 0 radical (unpaired) electrons. The zero-order valence-corrected chi connectivity index (χ0v) is 16.6. The number of esters is 1. The fourth-order valence-corrected chi connectivity index (χ4v) is 2.67. The molecule has 0 spiro atoms. The summed E-state index contributed by atoms with van der Waals surface area (Å²) in [5, 5.41) is 5.62. The van der Waals surface area contributed by atoms with Gasteiger partial charge in [-0.15, -0.1) is 0 Å². The zero-order chi connectivity index (χ0) is 19.1. The second-order valence-corrected chi connectivity index (χ2v) is 6.37. The Hall–Kier alpha value is -2.45. The lowest BCUT2D eigenvalue weighted by atomic mass is 10.2. The lowest BCUT2D eigenvalue weighted by molar-refractivity contribution is 0.0600. The summed E-state index contributed by atoms with van der Waals surface area (Å²) in [6.45, 7) is 2.28. The SMILES string of the molecule is CCOc1ccc(Br)cc1C(=O)NC(=S)Nc1ccc(C(=O)OC)cc1. The second kappa shape index (κ2) is 9.30. The quantitative estimate of drug-likeness (QED) is 0.548. The van der Waals surface area contributed by atoms with Gasteiger partial charge in [0.05, 0.1) is 24.8 Å². The highest BCUT2D eigenvalue weighted by atomic mass is 79.9. The Labute approximate surface area is 165 Å². The average molecular weight is 437 g/mol. The predicted octanol–water partition coefficient (Wildman–Crippen LogP) is 3.76. The van der Waals surface area contributed by atoms with E-state index in [0.717, 1.165) is 4.47 Å². The summed E-state index contributed by atoms with van der Waals surface area (Å²) < 4.78 is 10.9. The van der Waals surface area contributed by atoms with Crippen molar-refractivity contribution < 1.29 is 19.1 Å². The third-order valence-corrected chi connectivity index (χ3v) is 3.97. The fraction of sp³-hybridized carbons (Fsp3) is 0.167. The van der Waals surface area contributed by atoms with Crippen LogP contribution in [-0.4, -0.2) is 30.7 Å². The number of halogens is 1. The first-order valence-corrected chi connectivity index (χ1v) is 8.87. The average Bonchev–Trinajstić information content (AvgIpc) is 2.63. The predicted molar refractivity (Wildman–Crippen MR) is 107 cm³/mol. The number of hydrogen-bond acceptors (Lipinski definition) is 5. The van der Waals surface area contributed by atoms with E-state index in [4.69, 9.17) is 17.0 Å². The van der Waals surface area contributed by atoms with Gasteiger partial charge in [-0.05, 0) is 61.6 Å². The fourth-order valence-electron chi connectivity index (χ4n) is 2.10. The normalized spacial score (nSPS) is 9.96. The Morgan fingerprint density at radius 2 is 1.85 bits per heavy atom. The van der Waals surface area contributed by atoms with Gasteiger partial charge in [0.25, 0.3) is 5.91 Å². The van der Waals surface area contributed by atoms with Crippen LogP contribution in [0, 0.1) is 0 Å². The molecular formula is C18H17BrN2O4S. The van der Waals surface area contributed by atoms with Gasteiger partial charge in [0.1, 0.15) is 5.75 Å². The first-order valence-electron chi connectivity index (χ1n) is 7.67. The maximum Gasteiger partial charge on any atom is 0.337 e. The van der Waals surface area contributed by atoms with E-state index in [-0.39, 0.29) is 5.11 Å². The number of benzene rings is 2. The summed E-state index contributed by atoms with van der Waals surface area (Å²) in [5.74, 6) is -0.345. The van der Waals surface area contributed by atoms with E-state index in [1.165, 1.54) is 7.11 Å². The lowest BCUT2D eigenvalue weighted by Gasteiger charge is -2.13. The molecular weight excluding hydrogens is 420 g/mol. The summed E-state index contributed by atoms with van der Waals surface area (Å²) in [4.78, 5) is 23.9. The highest BCUT2D eigenvalue weighted by molar-refractivity contribution is 9.10. The summed E-state index contributed by atoms with van der Waals surface area (Å²) >= 11 is 8.51. The topological polar surface area (TPSA) is 76.7 Å². The molecule has 0 aliphatic heterocycles. The molecule has 2 aromatic rings. The van der Waals surface area contributed by atoms with Gasteiger partial charge in [0.2, 0.25) is 0 Å². The van der Waals surface area contributed by atoms with Crippen LogP contribution in [0.25, 0.3) is 0 Å². The molecule has 0 saturated carbocycles. The molecule has 0 unspecified atom stereocenters. The van der Waals surface area contributed by atoms with Crippen molar-refractivity contribution in [1.82, 2.24) is 5.32 Å². The molecule has 0 saturated heterocycles. The molecule has 136 valence electrons. The third kappa shape index (κ3) is 5.27. The van der Waals surface area contributed by atoms with E-state index in [0.29, 0.717) is 29.2 Å². The van der Waals surface area contributed by atoms with Crippen molar-refractivity contribution in [3.8, 4) is 5.75 Å². The highest BCUT2D eigenvalue weighted by Crippen LogP contribution is 2.23. The number of carbonyl (C=O) groups is 2. The van der Waals surface area contributed by atoms with Crippen LogP contribution >= 0.6 is 28.1 Å². The monoisotopic (exact) mass is 436 g/mol. The van der Waals surface area contributed by atoms with Crippen LogP contribution in [0.3, 0.4) is 0 Å². The number of carbonyl (C=O) groups excluding carboxylic acids is 2. The molecule has 0 aromatic heterocycles. The summed E-state index contributed by atoms with van der Waals surface area (Å²) in [6, 6.07) is 11.7. The Balaban J connectivity index is 2.04. The molecule has 0 heterocycles. The van der Waals surface area contributed by atoms with Crippen molar-refractivity contribution in [2.75, 3.05) is 19.0 Å². The lowest BCUT2D eigenvalue weighted by Crippen LogP contribution is -2.34. The first-order chi connectivity index (χ1) is 12.4. The van der Waals surface area contributed by atoms with E-state index in [9.17, 15) is 9.59 Å². The van der Waals surface area contributed by atoms with Gasteiger partial charge in [-0.1, -0.05) is 15.9 Å². The third-order valence-electron chi connectivity index (χ3n) is 3.28. The van der Waals surface area contributed by atoms with Crippen LogP contribution in [0.1, 0.15) is 27.6 Å². The molecule has 0 fully saturated rings. The van der Waals surface area contributed by atoms with Crippen LogP contribution in [-0.2, 0) is 4.74 Å². The van der Waals surface area contributed by atoms with Gasteiger partial charge in [0, 0.05) is 10.2 Å². The van der Waals surface area contributed by atoms with Crippen LogP contribution in [0.4, 0.5) is 5.69 Å². The van der Waals surface area contributed by atoms with Crippen molar-refractivity contribution in [1.29, 1.82) is 0 Å². The summed E-state index contributed by atoms with van der Waals surface area (Å²) in [7, 11) is 1.32. The Morgan fingerprint density at radius 3 is 2.46 bits per heavy atom. The van der Waals surface area contributed by atoms with Gasteiger partial charge >= 0.3 is 5.97 Å². The zero-order valence-electron chi connectivity index (χ0n) is 14.2. The van der Waals surface area contributed by atoms with E-state index in [1.807, 2.05) is 6.92 Å². The van der Waals surface area contributed by atoms with E-state index < -0.39 is 11.9 Å². The number of hydrogen-bond donors (Lipinski definition) is 2. The van der Waals surface area contributed by atoms with Gasteiger partial charge in [0.15, 0.2) is 5.11 Å². The Morgan fingerprint density at radius 1 is 1.15 bits per heavy atom. The molecule has 0 atom stereocenters. The largest absolute Gasteiger partial charge is 0.493 e. The van der Waals surface area contributed by atoms with Gasteiger partial charge < -0.3 is 14.8 Å². The second-order valence-electron chi connectivity index (χ2n) is 5.05. The van der Waals surface area contributed by atoms with Crippen molar-refractivity contribution in [3.05, 3.63) is 58.1 Å². The summed E-state index contributed by atoms with van der Waals surface area (Å²) in [6.07, 6.45) is 0. The molecule has 2 rings (SSSR count). The van der Waals surface area contributed by atoms with Crippen LogP contribution in [0.5, 0.6) is 5.75 Å². The number of amides is 1. The highest BCUT2D eigenvalue weighted by Gasteiger charge is 2.15. The number of rotatable bonds is 5. The summed E-state index contributed by atoms with van der Waals surface area (Å²) in [5.41, 5.74) is 1.41. The van der Waals surface area contributed by atoms with Crippen molar-refractivity contribution in [2.45, 2.75) is 6.92 Å². The Kier molecular flexibility index (Phi) is 7.11. The standard InChI is InChI=1S/C18H17BrN2O4S/c1-3-25-15-9-6-12(19)10-14(15)16(22)21-18(26)20-13-7-4-11(5-8-13)17(23)24-2/h4-10H,3H2,1-2H3,(H2,20,21,22,26). The van der Waals surface area contributed by atoms with Gasteiger partial charge in [-0.3, -0.25) is 10.1 Å². The van der Waals surface area contributed by atoms with Crippen molar-refractivity contribution in [3.63, 3.8) is 0 Å². The number of anilines is 1. The minimum absolute atomic E-state index is 0.128. The molecule has 26 heavy (non-hydrogen) atoms. The maximum absolute atomic E-state index is 12.5. The number of thiocarbonyl (C=S) groups is 1. The minimum Gasteiger partial charge on any atom is -0.493 e. The van der Waals surface area contributed by atoms with Crippen LogP contribution in [0.15, 0.2) is 46.9 Å². The molecule has 8 heteroatoms. The van der Waals surface area contributed by atoms with E-state index in [1.54, 1.807) is 42.5 Å². The molecule has 1 amide bonds.